The highest BCUT2D eigenvalue weighted by atomic mass is 35.6. The fraction of sp³-hybridized carbons (Fsp3) is 0.211. The third-order valence-corrected chi connectivity index (χ3v) is 5.50. The van der Waals surface area contributed by atoms with Crippen LogP contribution in [-0.2, 0) is 4.84 Å². The van der Waals surface area contributed by atoms with Crippen molar-refractivity contribution in [2.75, 3.05) is 0 Å². The molecule has 3 rings (SSSR count). The zero-order valence-electron chi connectivity index (χ0n) is 15.5. The molecule has 1 aliphatic heterocycles. The van der Waals surface area contributed by atoms with Crippen molar-refractivity contribution in [3.63, 3.8) is 0 Å². The van der Waals surface area contributed by atoms with Gasteiger partial charge in [-0.25, -0.2) is 4.79 Å². The number of halogens is 8. The third-order valence-electron chi connectivity index (χ3n) is 4.41. The predicted molar refractivity (Wildman–Crippen MR) is 117 cm³/mol. The fourth-order valence-electron chi connectivity index (χ4n) is 3.18. The summed E-state index contributed by atoms with van der Waals surface area (Å²) in [7, 11) is 0. The summed E-state index contributed by atoms with van der Waals surface area (Å²) in [6.07, 6.45) is -7.85. The van der Waals surface area contributed by atoms with Crippen molar-refractivity contribution < 1.29 is 27.9 Å². The monoisotopic (exact) mass is 548 g/mol. The van der Waals surface area contributed by atoms with Crippen molar-refractivity contribution >= 4 is 69.8 Å². The number of hydrogen-bond acceptors (Lipinski definition) is 3. The van der Waals surface area contributed by atoms with E-state index in [1.807, 2.05) is 5.32 Å². The van der Waals surface area contributed by atoms with Crippen LogP contribution in [0.1, 0.15) is 28.8 Å². The lowest BCUT2D eigenvalue weighted by molar-refractivity contribution is -0.107. The van der Waals surface area contributed by atoms with E-state index in [9.17, 15) is 18.0 Å². The van der Waals surface area contributed by atoms with Crippen LogP contribution in [0.2, 0.25) is 10.0 Å². The van der Waals surface area contributed by atoms with Crippen LogP contribution in [0.5, 0.6) is 0 Å². The molecule has 0 aliphatic carbocycles. The molecule has 2 unspecified atom stereocenters. The summed E-state index contributed by atoms with van der Waals surface area (Å²) in [5.74, 6) is 0. The molecule has 32 heavy (non-hydrogen) atoms. The molecule has 13 heteroatoms. The van der Waals surface area contributed by atoms with E-state index in [0.29, 0.717) is 0 Å². The Kier molecular flexibility index (Phi) is 7.34. The van der Waals surface area contributed by atoms with Crippen LogP contribution < -0.4 is 10.8 Å². The van der Waals surface area contributed by atoms with Crippen molar-refractivity contribution in [3.8, 4) is 0 Å². The molecule has 0 aromatic heterocycles. The molecule has 2 aromatic rings. The van der Waals surface area contributed by atoms with Crippen molar-refractivity contribution in [3.05, 3.63) is 74.8 Å². The molecule has 5 nitrogen and oxygen atoms in total. The van der Waals surface area contributed by atoms with Crippen molar-refractivity contribution in [2.45, 2.75) is 22.1 Å². The zero-order chi connectivity index (χ0) is 23.8. The van der Waals surface area contributed by atoms with Crippen molar-refractivity contribution in [1.29, 1.82) is 0 Å². The number of carboxylic acid groups (broad SMARTS) is 1. The van der Waals surface area contributed by atoms with Crippen LogP contribution >= 0.6 is 58.0 Å². The van der Waals surface area contributed by atoms with Crippen LogP contribution in [-0.4, -0.2) is 21.2 Å². The summed E-state index contributed by atoms with van der Waals surface area (Å²) < 4.78 is 40.1. The second kappa shape index (κ2) is 9.37. The van der Waals surface area contributed by atoms with Crippen LogP contribution in [0.25, 0.3) is 5.70 Å². The van der Waals surface area contributed by atoms with Gasteiger partial charge in [0.05, 0.1) is 11.3 Å². The Balaban J connectivity index is 2.12. The molecule has 0 fully saturated rings. The number of amides is 1. The van der Waals surface area contributed by atoms with Gasteiger partial charge in [-0.2, -0.15) is 13.2 Å². The van der Waals surface area contributed by atoms with Gasteiger partial charge in [-0.05, 0) is 35.4 Å². The normalized spacial score (nSPS) is 17.8. The van der Waals surface area contributed by atoms with Crippen molar-refractivity contribution in [2.24, 2.45) is 0 Å². The first-order chi connectivity index (χ1) is 14.8. The number of carbonyl (C=O) groups is 1. The SMILES string of the molecule is O=C(O)NC(c1cccc(C2=C(C(F)(F)F)C(c3cc(Cl)cc(Cl)c3)ON2)c1)C(Cl)(Cl)Cl. The Hall–Kier alpha value is -1.55. The Labute approximate surface area is 204 Å². The molecule has 0 radical (unpaired) electrons. The standard InChI is InChI=1S/C19H12Cl5F3N2O3/c20-11-5-10(6-12(21)7-11)15-13(19(25,26)27)14(29-32-15)8-2-1-3-9(4-8)16(18(22,23)24)28-17(30)31/h1-7,15-16,28-29H,(H,30,31). The molecule has 0 bridgehead atoms. The van der Waals surface area contributed by atoms with Gasteiger partial charge in [0.1, 0.15) is 12.1 Å². The highest BCUT2D eigenvalue weighted by Gasteiger charge is 2.47. The summed E-state index contributed by atoms with van der Waals surface area (Å²) in [5, 5.41) is 11.4. The topological polar surface area (TPSA) is 70.6 Å². The smallest absolute Gasteiger partial charge is 0.417 e. The fourth-order valence-corrected chi connectivity index (χ4v) is 4.26. The second-order valence-corrected chi connectivity index (χ2v) is 9.88. The highest BCUT2D eigenvalue weighted by Crippen LogP contribution is 2.46. The van der Waals surface area contributed by atoms with Gasteiger partial charge in [0.25, 0.3) is 0 Å². The molecular formula is C19H12Cl5F3N2O3. The maximum absolute atomic E-state index is 14.1. The summed E-state index contributed by atoms with van der Waals surface area (Å²) in [5.41, 5.74) is 1.10. The Bertz CT molecular complexity index is 1050. The van der Waals surface area contributed by atoms with Gasteiger partial charge in [0.2, 0.25) is 3.79 Å². The first-order valence-corrected chi connectivity index (χ1v) is 10.5. The molecule has 1 heterocycles. The number of hydrogen-bond donors (Lipinski definition) is 3. The summed E-state index contributed by atoms with van der Waals surface area (Å²) in [4.78, 5) is 16.3. The second-order valence-electron chi connectivity index (χ2n) is 6.64. The van der Waals surface area contributed by atoms with Crippen LogP contribution in [0.15, 0.2) is 48.0 Å². The maximum Gasteiger partial charge on any atom is 0.417 e. The molecule has 2 aromatic carbocycles. The highest BCUT2D eigenvalue weighted by molar-refractivity contribution is 6.68. The number of benzene rings is 2. The van der Waals surface area contributed by atoms with Crippen LogP contribution in [0, 0.1) is 0 Å². The van der Waals surface area contributed by atoms with Gasteiger partial charge in [0, 0.05) is 15.6 Å². The van der Waals surface area contributed by atoms with Gasteiger partial charge in [-0.15, -0.1) is 0 Å². The largest absolute Gasteiger partial charge is 0.465 e. The summed E-state index contributed by atoms with van der Waals surface area (Å²) in [6, 6.07) is 8.06. The molecular weight excluding hydrogens is 538 g/mol. The van der Waals surface area contributed by atoms with Crippen LogP contribution in [0.3, 0.4) is 0 Å². The minimum Gasteiger partial charge on any atom is -0.465 e. The molecule has 3 N–H and O–H groups in total. The minimum absolute atomic E-state index is 0.0249. The summed E-state index contributed by atoms with van der Waals surface area (Å²) in [6.45, 7) is 0. The molecule has 1 amide bonds. The van der Waals surface area contributed by atoms with Gasteiger partial charge < -0.3 is 10.4 Å². The molecule has 2 atom stereocenters. The van der Waals surface area contributed by atoms with Crippen molar-refractivity contribution in [1.82, 2.24) is 10.8 Å². The molecule has 0 saturated carbocycles. The first-order valence-electron chi connectivity index (χ1n) is 8.63. The lowest BCUT2D eigenvalue weighted by atomic mass is 9.96. The van der Waals surface area contributed by atoms with Gasteiger partial charge in [-0.3, -0.25) is 10.3 Å². The van der Waals surface area contributed by atoms with E-state index < -0.39 is 33.8 Å². The Morgan fingerprint density at radius 3 is 2.25 bits per heavy atom. The number of rotatable bonds is 4. The molecule has 0 saturated heterocycles. The number of nitrogens with one attached hydrogen (secondary N) is 2. The molecule has 172 valence electrons. The van der Waals surface area contributed by atoms with Gasteiger partial charge in [-0.1, -0.05) is 76.2 Å². The lowest BCUT2D eigenvalue weighted by Crippen LogP contribution is -2.35. The van der Waals surface area contributed by atoms with Crippen LogP contribution in [0.4, 0.5) is 18.0 Å². The zero-order valence-corrected chi connectivity index (χ0v) is 19.3. The van der Waals surface area contributed by atoms with E-state index in [2.05, 4.69) is 5.48 Å². The molecule has 1 aliphatic rings. The molecule has 0 spiro atoms. The number of alkyl halides is 6. The Morgan fingerprint density at radius 2 is 1.72 bits per heavy atom. The van der Waals surface area contributed by atoms with E-state index in [4.69, 9.17) is 67.9 Å². The van der Waals surface area contributed by atoms with E-state index in [1.54, 1.807) is 0 Å². The van der Waals surface area contributed by atoms with E-state index in [-0.39, 0.29) is 32.4 Å². The average Bonchev–Trinajstić information content (AvgIpc) is 3.10. The first kappa shape index (κ1) is 25.1. The van der Waals surface area contributed by atoms with E-state index in [1.165, 1.54) is 42.5 Å². The Morgan fingerprint density at radius 1 is 1.09 bits per heavy atom. The predicted octanol–water partition coefficient (Wildman–Crippen LogP) is 7.22. The summed E-state index contributed by atoms with van der Waals surface area (Å²) >= 11 is 29.5. The maximum atomic E-state index is 14.1. The number of hydroxylamine groups is 1. The van der Waals surface area contributed by atoms with E-state index >= 15 is 0 Å². The average molecular weight is 551 g/mol. The lowest BCUT2D eigenvalue weighted by Gasteiger charge is -2.25. The van der Waals surface area contributed by atoms with E-state index in [0.717, 1.165) is 0 Å². The minimum atomic E-state index is -4.80. The third kappa shape index (κ3) is 5.68. The van der Waals surface area contributed by atoms with Gasteiger partial charge >= 0.3 is 12.3 Å². The van der Waals surface area contributed by atoms with Gasteiger partial charge in [0.15, 0.2) is 0 Å². The quantitative estimate of drug-likeness (QED) is 0.352.